The summed E-state index contributed by atoms with van der Waals surface area (Å²) in [5, 5.41) is 11.9. The number of fused-ring (bicyclic) bond motifs is 1. The van der Waals surface area contributed by atoms with Gasteiger partial charge < -0.3 is 0 Å². The van der Waals surface area contributed by atoms with Crippen LogP contribution in [-0.4, -0.2) is 9.91 Å². The Bertz CT molecular complexity index is 567. The van der Waals surface area contributed by atoms with Crippen LogP contribution in [0.2, 0.25) is 10.0 Å². The maximum absolute atomic E-state index is 10.8. The van der Waals surface area contributed by atoms with Gasteiger partial charge in [-0.1, -0.05) is 23.2 Å². The first-order valence-electron chi connectivity index (χ1n) is 3.90. The van der Waals surface area contributed by atoms with E-state index in [1.807, 2.05) is 0 Å². The van der Waals surface area contributed by atoms with E-state index < -0.39 is 4.92 Å². The van der Waals surface area contributed by atoms with Crippen LogP contribution < -0.4 is 0 Å². The summed E-state index contributed by atoms with van der Waals surface area (Å²) in [5.41, 5.74) is 0.317. The lowest BCUT2D eigenvalue weighted by Gasteiger charge is -1.97. The second-order valence-electron chi connectivity index (χ2n) is 2.86. The summed E-state index contributed by atoms with van der Waals surface area (Å²) in [6.45, 7) is 1.76. The molecule has 0 spiro atoms. The molecule has 2 rings (SSSR count). The van der Waals surface area contributed by atoms with E-state index in [0.29, 0.717) is 15.2 Å². The molecule has 1 heterocycles. The van der Waals surface area contributed by atoms with Crippen molar-refractivity contribution in [2.45, 2.75) is 6.92 Å². The van der Waals surface area contributed by atoms with E-state index in [1.165, 1.54) is 17.4 Å². The quantitative estimate of drug-likeness (QED) is 0.580. The highest BCUT2D eigenvalue weighted by molar-refractivity contribution is 7.19. The molecule has 1 aromatic carbocycles. The predicted octanol–water partition coefficient (Wildman–Crippen LogP) is 3.82. The molecular weight excluding hydrogens is 259 g/mol. The fraction of sp³-hybridized carbons (Fsp3) is 0.125. The lowest BCUT2D eigenvalue weighted by molar-refractivity contribution is -0.382. The third-order valence-corrected chi connectivity index (χ3v) is 3.39. The van der Waals surface area contributed by atoms with E-state index in [1.54, 1.807) is 6.92 Å². The Morgan fingerprint density at radius 3 is 2.73 bits per heavy atom. The number of aryl methyl sites for hydroxylation is 1. The number of hydrogen-bond acceptors (Lipinski definition) is 4. The van der Waals surface area contributed by atoms with Gasteiger partial charge in [0.2, 0.25) is 0 Å². The molecule has 0 aliphatic rings. The van der Waals surface area contributed by atoms with Crippen LogP contribution in [0.5, 0.6) is 0 Å². The number of thiazole rings is 1. The average molecular weight is 263 g/mol. The third kappa shape index (κ3) is 1.67. The summed E-state index contributed by atoms with van der Waals surface area (Å²) in [5.74, 6) is 0. The fourth-order valence-electron chi connectivity index (χ4n) is 1.28. The highest BCUT2D eigenvalue weighted by Gasteiger charge is 2.22. The molecule has 0 saturated carbocycles. The minimum absolute atomic E-state index is 0.0427. The molecule has 0 bridgehead atoms. The summed E-state index contributed by atoms with van der Waals surface area (Å²) < 4.78 is 0.426. The fourth-order valence-corrected chi connectivity index (χ4v) is 2.93. The first kappa shape index (κ1) is 10.6. The minimum atomic E-state index is -0.515. The SMILES string of the molecule is Cc1nc2c(Cl)cc(Cl)c([N+](=O)[O-])c2s1. The molecule has 4 nitrogen and oxygen atoms in total. The van der Waals surface area contributed by atoms with E-state index in [0.717, 1.165) is 5.01 Å². The van der Waals surface area contributed by atoms with Gasteiger partial charge >= 0.3 is 5.69 Å². The number of aromatic nitrogens is 1. The predicted molar refractivity (Wildman–Crippen MR) is 61.0 cm³/mol. The van der Waals surface area contributed by atoms with Gasteiger partial charge in [0.15, 0.2) is 0 Å². The molecule has 0 fully saturated rings. The molecule has 0 aliphatic heterocycles. The first-order chi connectivity index (χ1) is 7.00. The Labute approximate surface area is 98.6 Å². The van der Waals surface area contributed by atoms with Crippen LogP contribution >= 0.6 is 34.5 Å². The largest absolute Gasteiger partial charge is 0.307 e. The summed E-state index contributed by atoms with van der Waals surface area (Å²) in [6.07, 6.45) is 0. The van der Waals surface area contributed by atoms with Gasteiger partial charge in [-0.15, -0.1) is 11.3 Å². The van der Waals surface area contributed by atoms with Crippen LogP contribution in [0.1, 0.15) is 5.01 Å². The lowest BCUT2D eigenvalue weighted by Crippen LogP contribution is -1.89. The van der Waals surface area contributed by atoms with Crippen molar-refractivity contribution < 1.29 is 4.92 Å². The van der Waals surface area contributed by atoms with E-state index in [4.69, 9.17) is 23.2 Å². The van der Waals surface area contributed by atoms with Crippen molar-refractivity contribution in [2.24, 2.45) is 0 Å². The Morgan fingerprint density at radius 1 is 1.47 bits per heavy atom. The molecule has 0 amide bonds. The van der Waals surface area contributed by atoms with Crippen molar-refractivity contribution in [3.63, 3.8) is 0 Å². The summed E-state index contributed by atoms with van der Waals surface area (Å²) >= 11 is 12.9. The van der Waals surface area contributed by atoms with Crippen molar-refractivity contribution in [3.8, 4) is 0 Å². The van der Waals surface area contributed by atoms with Crippen LogP contribution in [0.3, 0.4) is 0 Å². The zero-order chi connectivity index (χ0) is 11.2. The van der Waals surface area contributed by atoms with Crippen molar-refractivity contribution in [3.05, 3.63) is 31.2 Å². The standard InChI is InChI=1S/C8H4Cl2N2O2S/c1-3-11-6-4(9)2-5(10)7(12(13)14)8(6)15-3/h2H,1H3. The molecule has 78 valence electrons. The van der Waals surface area contributed by atoms with Crippen LogP contribution in [0.15, 0.2) is 6.07 Å². The molecule has 0 N–H and O–H groups in total. The molecule has 2 aromatic rings. The van der Waals surface area contributed by atoms with E-state index in [2.05, 4.69) is 4.98 Å². The lowest BCUT2D eigenvalue weighted by atomic mass is 10.3. The maximum Gasteiger partial charge on any atom is 0.307 e. The van der Waals surface area contributed by atoms with Gasteiger partial charge in [-0.05, 0) is 13.0 Å². The molecule has 15 heavy (non-hydrogen) atoms. The van der Waals surface area contributed by atoms with Gasteiger partial charge in [0, 0.05) is 0 Å². The first-order valence-corrected chi connectivity index (χ1v) is 5.47. The van der Waals surface area contributed by atoms with E-state index in [-0.39, 0.29) is 10.7 Å². The number of nitro groups is 1. The highest BCUT2D eigenvalue weighted by atomic mass is 35.5. The minimum Gasteiger partial charge on any atom is -0.258 e. The molecule has 0 unspecified atom stereocenters. The van der Waals surface area contributed by atoms with Crippen LogP contribution in [0.25, 0.3) is 10.2 Å². The molecular formula is C8H4Cl2N2O2S. The number of nitrogens with zero attached hydrogens (tertiary/aromatic N) is 2. The molecule has 0 radical (unpaired) electrons. The molecule has 7 heteroatoms. The Balaban J connectivity index is 2.95. The number of hydrogen-bond donors (Lipinski definition) is 0. The molecule has 0 saturated heterocycles. The second-order valence-corrected chi connectivity index (χ2v) is 4.87. The summed E-state index contributed by atoms with van der Waals surface area (Å²) in [4.78, 5) is 14.4. The monoisotopic (exact) mass is 262 g/mol. The maximum atomic E-state index is 10.8. The van der Waals surface area contributed by atoms with Crippen LogP contribution in [0, 0.1) is 17.0 Å². The number of rotatable bonds is 1. The summed E-state index contributed by atoms with van der Waals surface area (Å²) in [7, 11) is 0. The zero-order valence-electron chi connectivity index (χ0n) is 7.45. The highest BCUT2D eigenvalue weighted by Crippen LogP contribution is 2.40. The second kappa shape index (κ2) is 3.59. The van der Waals surface area contributed by atoms with Gasteiger partial charge in [-0.25, -0.2) is 4.98 Å². The molecule has 0 aliphatic carbocycles. The Kier molecular flexibility index (Phi) is 2.54. The van der Waals surface area contributed by atoms with Gasteiger partial charge in [-0.3, -0.25) is 10.1 Å². The van der Waals surface area contributed by atoms with E-state index >= 15 is 0 Å². The van der Waals surface area contributed by atoms with E-state index in [9.17, 15) is 10.1 Å². The smallest absolute Gasteiger partial charge is 0.258 e. The van der Waals surface area contributed by atoms with Gasteiger partial charge in [0.25, 0.3) is 0 Å². The summed E-state index contributed by atoms with van der Waals surface area (Å²) in [6, 6.07) is 1.35. The average Bonchev–Trinajstić information content (AvgIpc) is 2.45. The van der Waals surface area contributed by atoms with Crippen molar-refractivity contribution in [1.82, 2.24) is 4.98 Å². The topological polar surface area (TPSA) is 56.0 Å². The van der Waals surface area contributed by atoms with Gasteiger partial charge in [0.05, 0.1) is 15.0 Å². The number of nitro benzene ring substituents is 1. The van der Waals surface area contributed by atoms with Crippen molar-refractivity contribution >= 4 is 50.4 Å². The number of benzene rings is 1. The van der Waals surface area contributed by atoms with Crippen molar-refractivity contribution in [1.29, 1.82) is 0 Å². The van der Waals surface area contributed by atoms with Crippen LogP contribution in [-0.2, 0) is 0 Å². The molecule has 1 aromatic heterocycles. The van der Waals surface area contributed by atoms with Crippen molar-refractivity contribution in [2.75, 3.05) is 0 Å². The normalized spacial score (nSPS) is 10.9. The zero-order valence-corrected chi connectivity index (χ0v) is 9.78. The Morgan fingerprint density at radius 2 is 2.13 bits per heavy atom. The van der Waals surface area contributed by atoms with Crippen LogP contribution in [0.4, 0.5) is 5.69 Å². The molecule has 0 atom stereocenters. The van der Waals surface area contributed by atoms with Gasteiger partial charge in [0.1, 0.15) is 15.2 Å². The Hall–Kier alpha value is -0.910. The third-order valence-electron chi connectivity index (χ3n) is 1.84. The van der Waals surface area contributed by atoms with Gasteiger partial charge in [-0.2, -0.15) is 0 Å². The number of halogens is 2.